The average molecular weight is 1050 g/mol. The van der Waals surface area contributed by atoms with E-state index in [-0.39, 0.29) is 63.6 Å². The number of alkyl halides is 2. The zero-order valence-electron chi connectivity index (χ0n) is 37.5. The molecule has 2 nitrogen and oxygen atoms in total. The van der Waals surface area contributed by atoms with Gasteiger partial charge in [-0.2, -0.15) is 18.9 Å². The molecule has 6 aromatic rings. The molecule has 0 spiro atoms. The fraction of sp³-hybridized carbons (Fsp3) is 0.259. The van der Waals surface area contributed by atoms with E-state index in [1.165, 1.54) is 33.4 Å². The first kappa shape index (κ1) is 62.6. The zero-order chi connectivity index (χ0) is 43.3. The normalized spacial score (nSPS) is 11.5. The largest absolute Gasteiger partial charge is 3.00 e. The molecule has 0 heterocycles. The maximum absolute atomic E-state index is 8.19. The summed E-state index contributed by atoms with van der Waals surface area (Å²) in [5.74, 6) is 1.44. The SMILES string of the molecule is Cc1ccc(C(C)C)cc1.Cc1ccc(C(C)C)cc1.ClCCl.[CH2-][C@@H](c1ccccc1)[C@@H]([N-]C)c1ccccc1.[CH2-][C@@H](c1ccccc1)[C@@H]([NH-])c1ccccc1.[CH3-].[CH3-].[Cl][Ru+3].[Ru+3]. The van der Waals surface area contributed by atoms with Crippen molar-refractivity contribution in [1.82, 2.24) is 0 Å². The molecule has 1 N–H and O–H groups in total. The first-order valence-electron chi connectivity index (χ1n) is 19.5. The van der Waals surface area contributed by atoms with Crippen LogP contribution in [0.15, 0.2) is 170 Å². The summed E-state index contributed by atoms with van der Waals surface area (Å²) in [4.78, 5) is 0. The Kier molecular flexibility index (Phi) is 38.9. The Morgan fingerprint density at radius 1 is 0.475 bits per heavy atom. The molecule has 7 heteroatoms. The fourth-order valence-corrected chi connectivity index (χ4v) is 5.78. The Morgan fingerprint density at radius 3 is 1.02 bits per heavy atom. The van der Waals surface area contributed by atoms with Crippen LogP contribution in [0.25, 0.3) is 11.1 Å². The van der Waals surface area contributed by atoms with Gasteiger partial charge in [-0.25, -0.2) is 0 Å². The molecule has 0 amide bonds. The molecular weight excluding hydrogens is 985 g/mol. The second-order valence-corrected chi connectivity index (χ2v) is 15.1. The molecule has 0 unspecified atom stereocenters. The van der Waals surface area contributed by atoms with Crippen LogP contribution in [0, 0.1) is 42.5 Å². The monoisotopic (exact) mass is 1050 g/mol. The third-order valence-corrected chi connectivity index (χ3v) is 9.30. The van der Waals surface area contributed by atoms with Crippen LogP contribution in [0.2, 0.25) is 0 Å². The molecule has 0 saturated carbocycles. The van der Waals surface area contributed by atoms with Gasteiger partial charge in [-0.3, -0.25) is 0 Å². The molecule has 4 atom stereocenters. The molecule has 6 rings (SSSR count). The molecule has 0 bridgehead atoms. The molecule has 6 aromatic carbocycles. The molecule has 0 aliphatic heterocycles. The molecule has 0 saturated heterocycles. The Hall–Kier alpha value is -2.64. The van der Waals surface area contributed by atoms with Crippen molar-refractivity contribution in [3.63, 3.8) is 0 Å². The Balaban J connectivity index is -0.000000714. The third-order valence-electron chi connectivity index (χ3n) is 9.30. The first-order chi connectivity index (χ1) is 27.9. The Labute approximate surface area is 410 Å². The van der Waals surface area contributed by atoms with Gasteiger partial charge in [-0.1, -0.05) is 231 Å². The predicted octanol–water partition coefficient (Wildman–Crippen LogP) is 18.0. The zero-order valence-corrected chi connectivity index (χ0v) is 43.3. The minimum Gasteiger partial charge on any atom is 3.00 e. The van der Waals surface area contributed by atoms with Crippen LogP contribution in [0.4, 0.5) is 0 Å². The van der Waals surface area contributed by atoms with Crippen LogP contribution in [0.5, 0.6) is 0 Å². The Morgan fingerprint density at radius 2 is 0.738 bits per heavy atom. The number of likely N-dealkylation sites (N-methyl/N-ethyl adjacent to an activating group) is 1. The second kappa shape index (κ2) is 37.9. The van der Waals surface area contributed by atoms with Crippen molar-refractivity contribution in [2.24, 2.45) is 0 Å². The number of hydrogen-bond donors (Lipinski definition) is 0. The second-order valence-electron chi connectivity index (χ2n) is 14.3. The van der Waals surface area contributed by atoms with E-state index < -0.39 is 0 Å². The van der Waals surface area contributed by atoms with Crippen molar-refractivity contribution in [3.8, 4) is 0 Å². The smallest absolute Gasteiger partial charge is 3.00 e. The van der Waals surface area contributed by atoms with Gasteiger partial charge >= 0.3 is 46.5 Å². The summed E-state index contributed by atoms with van der Waals surface area (Å²) in [5.41, 5.74) is 18.3. The number of benzene rings is 6. The number of hydrogen-bond acceptors (Lipinski definition) is 0. The number of rotatable bonds is 9. The minimum absolute atomic E-state index is 0. The van der Waals surface area contributed by atoms with E-state index >= 15 is 0 Å². The van der Waals surface area contributed by atoms with Gasteiger partial charge in [0.25, 0.3) is 0 Å². The van der Waals surface area contributed by atoms with Gasteiger partial charge < -0.3 is 39.8 Å². The van der Waals surface area contributed by atoms with Crippen molar-refractivity contribution in [2.75, 3.05) is 12.4 Å². The van der Waals surface area contributed by atoms with Gasteiger partial charge in [-0.15, -0.1) is 35.3 Å². The van der Waals surface area contributed by atoms with Crippen LogP contribution in [0.3, 0.4) is 0 Å². The standard InChI is InChI=1S/C16H17N.C15H15N.2C10H14.CH2Cl2.2CH3.ClH.2Ru/c1-13(14-9-5-3-6-10-14)16(17-2)15-11-7-4-8-12-15;1-12(13-8-4-2-5-9-13)15(16)14-10-6-3-7-11-14;2*1-8(2)10-6-4-9(3)5-7-10;2-1-3;;;;;/h3-13,16H,1H2,2H3;2-12,15-16H,1H2;2*4-8H,1-3H3;1H2;2*1H3;1H;;/q2*-2;;;;2*-1;;+3;+4/p-1/t13-,16+;12-,15+;;;;;;;;/m00......../s1. The quantitative estimate of drug-likeness (QED) is 0.0786. The number of halogens is 3. The van der Waals surface area contributed by atoms with Crippen molar-refractivity contribution >= 4 is 32.9 Å². The van der Waals surface area contributed by atoms with Crippen molar-refractivity contribution in [3.05, 3.63) is 254 Å². The average Bonchev–Trinajstić information content (AvgIpc) is 3.26. The van der Waals surface area contributed by atoms with Gasteiger partial charge in [0.2, 0.25) is 0 Å². The maximum Gasteiger partial charge on any atom is 3.00 e. The summed E-state index contributed by atoms with van der Waals surface area (Å²) in [6.07, 6.45) is 0. The van der Waals surface area contributed by atoms with Gasteiger partial charge in [0.15, 0.2) is 0 Å². The van der Waals surface area contributed by atoms with Crippen LogP contribution in [0.1, 0.15) is 108 Å². The van der Waals surface area contributed by atoms with E-state index in [0.717, 1.165) is 11.1 Å². The molecule has 0 aromatic heterocycles. The van der Waals surface area contributed by atoms with Crippen LogP contribution in [-0.4, -0.2) is 12.4 Å². The number of nitrogens with zero attached hydrogens (tertiary/aromatic N) is 1. The van der Waals surface area contributed by atoms with Crippen LogP contribution >= 0.6 is 32.9 Å². The molecule has 61 heavy (non-hydrogen) atoms. The molecular formula is C54H68Cl3N2Ru2. The Bertz CT molecular complexity index is 1730. The van der Waals surface area contributed by atoms with Crippen LogP contribution < -0.4 is 0 Å². The van der Waals surface area contributed by atoms with E-state index in [0.29, 0.717) is 11.8 Å². The van der Waals surface area contributed by atoms with E-state index in [4.69, 9.17) is 28.9 Å². The van der Waals surface area contributed by atoms with Gasteiger partial charge in [0, 0.05) is 0 Å². The number of aryl methyl sites for hydroxylation is 2. The summed E-state index contributed by atoms with van der Waals surface area (Å²) in [7, 11) is 6.43. The van der Waals surface area contributed by atoms with E-state index in [1.807, 2.05) is 121 Å². The molecule has 0 aliphatic carbocycles. The molecule has 0 aliphatic rings. The van der Waals surface area contributed by atoms with E-state index in [1.54, 1.807) is 0 Å². The van der Waals surface area contributed by atoms with E-state index in [9.17, 15) is 0 Å². The maximum atomic E-state index is 8.19. The van der Waals surface area contributed by atoms with Gasteiger partial charge in [-0.05, 0) is 36.8 Å². The number of nitrogens with one attached hydrogen (secondary N) is 1. The topological polar surface area (TPSA) is 37.9 Å². The van der Waals surface area contributed by atoms with Crippen molar-refractivity contribution in [1.29, 1.82) is 0 Å². The summed E-state index contributed by atoms with van der Waals surface area (Å²) in [6, 6.07) is 57.8. The van der Waals surface area contributed by atoms with E-state index in [2.05, 4.69) is 143 Å². The van der Waals surface area contributed by atoms with Crippen molar-refractivity contribution in [2.45, 2.75) is 77.3 Å². The summed E-state index contributed by atoms with van der Waals surface area (Å²) in [6.45, 7) is 21.4. The van der Waals surface area contributed by atoms with Crippen molar-refractivity contribution < 1.29 is 36.8 Å². The molecule has 1 radical (unpaired) electrons. The van der Waals surface area contributed by atoms with Gasteiger partial charge in [0.05, 0.1) is 5.34 Å². The minimum atomic E-state index is -0.302. The third kappa shape index (κ3) is 25.3. The fourth-order valence-electron chi connectivity index (χ4n) is 5.78. The van der Waals surface area contributed by atoms with Gasteiger partial charge in [0.1, 0.15) is 0 Å². The summed E-state index contributed by atoms with van der Waals surface area (Å²) < 4.78 is 0. The summed E-state index contributed by atoms with van der Waals surface area (Å²) in [5, 5.41) is 4.67. The first-order valence-corrected chi connectivity index (χ1v) is 22.8. The molecule has 331 valence electrons. The van der Waals surface area contributed by atoms with Crippen LogP contribution in [-0.2, 0) is 36.8 Å². The predicted molar refractivity (Wildman–Crippen MR) is 267 cm³/mol. The molecule has 0 fully saturated rings. The summed E-state index contributed by atoms with van der Waals surface area (Å²) >= 11 is 11.4.